The van der Waals surface area contributed by atoms with Crippen LogP contribution in [0, 0.1) is 0 Å². The van der Waals surface area contributed by atoms with Crippen LogP contribution in [-0.2, 0) is 0 Å². The molecule has 0 bridgehead atoms. The summed E-state index contributed by atoms with van der Waals surface area (Å²) in [7, 11) is 0. The SMILES string of the molecule is O=C(NC(=S)Nc1c(Br)cc(Br)cc1C(=O)O)c1cc(Br)ccc1Cl. The lowest BCUT2D eigenvalue weighted by molar-refractivity contribution is 0.0697. The number of anilines is 1. The Morgan fingerprint density at radius 3 is 2.32 bits per heavy atom. The van der Waals surface area contributed by atoms with Crippen molar-refractivity contribution in [2.24, 2.45) is 0 Å². The van der Waals surface area contributed by atoms with Crippen molar-refractivity contribution in [3.8, 4) is 0 Å². The largest absolute Gasteiger partial charge is 0.478 e. The van der Waals surface area contributed by atoms with E-state index >= 15 is 0 Å². The summed E-state index contributed by atoms with van der Waals surface area (Å²) in [6, 6.07) is 7.91. The molecule has 0 aliphatic carbocycles. The van der Waals surface area contributed by atoms with Crippen LogP contribution in [0.2, 0.25) is 5.02 Å². The predicted octanol–water partition coefficient (Wildman–Crippen LogP) is 5.45. The van der Waals surface area contributed by atoms with Gasteiger partial charge in [0, 0.05) is 13.4 Å². The summed E-state index contributed by atoms with van der Waals surface area (Å²) in [5.74, 6) is -1.66. The maximum absolute atomic E-state index is 12.3. The molecule has 2 aromatic carbocycles. The molecule has 0 fully saturated rings. The molecule has 2 aromatic rings. The first-order valence-electron chi connectivity index (χ1n) is 6.48. The average Bonchev–Trinajstić information content (AvgIpc) is 2.51. The van der Waals surface area contributed by atoms with Crippen molar-refractivity contribution in [2.45, 2.75) is 0 Å². The zero-order valence-corrected chi connectivity index (χ0v) is 18.4. The lowest BCUT2D eigenvalue weighted by atomic mass is 10.2. The highest BCUT2D eigenvalue weighted by Gasteiger charge is 2.18. The molecule has 10 heteroatoms. The van der Waals surface area contributed by atoms with E-state index in [0.717, 1.165) is 0 Å². The molecule has 0 atom stereocenters. The van der Waals surface area contributed by atoms with Crippen molar-refractivity contribution in [2.75, 3.05) is 5.32 Å². The fraction of sp³-hybridized carbons (Fsp3) is 0. The van der Waals surface area contributed by atoms with E-state index in [1.54, 1.807) is 24.3 Å². The third-order valence-electron chi connectivity index (χ3n) is 2.92. The van der Waals surface area contributed by atoms with Crippen molar-refractivity contribution in [1.29, 1.82) is 0 Å². The van der Waals surface area contributed by atoms with Crippen LogP contribution in [0.25, 0.3) is 0 Å². The van der Waals surface area contributed by atoms with Gasteiger partial charge in [-0.3, -0.25) is 10.1 Å². The number of nitrogens with one attached hydrogen (secondary N) is 2. The van der Waals surface area contributed by atoms with Crippen LogP contribution in [0.5, 0.6) is 0 Å². The number of rotatable bonds is 3. The third kappa shape index (κ3) is 5.24. The first-order valence-corrected chi connectivity index (χ1v) is 9.65. The van der Waals surface area contributed by atoms with Gasteiger partial charge in [-0.1, -0.05) is 43.5 Å². The molecule has 0 aliphatic rings. The third-order valence-corrected chi connectivity index (χ3v) is 5.03. The molecular formula is C15H8Br3ClN2O3S. The number of carboxylic acids is 1. The minimum atomic E-state index is -1.14. The summed E-state index contributed by atoms with van der Waals surface area (Å²) < 4.78 is 1.74. The molecule has 130 valence electrons. The van der Waals surface area contributed by atoms with Gasteiger partial charge in [-0.05, 0) is 58.5 Å². The number of carbonyl (C=O) groups is 2. The second kappa shape index (κ2) is 8.59. The number of hydrogen-bond donors (Lipinski definition) is 3. The Labute approximate surface area is 178 Å². The van der Waals surface area contributed by atoms with Gasteiger partial charge >= 0.3 is 5.97 Å². The van der Waals surface area contributed by atoms with Gasteiger partial charge in [0.2, 0.25) is 0 Å². The van der Waals surface area contributed by atoms with Crippen LogP contribution in [0.4, 0.5) is 5.69 Å². The Balaban J connectivity index is 2.22. The Hall–Kier alpha value is -1.000. The highest BCUT2D eigenvalue weighted by molar-refractivity contribution is 9.11. The van der Waals surface area contributed by atoms with Crippen molar-refractivity contribution < 1.29 is 14.7 Å². The van der Waals surface area contributed by atoms with Crippen LogP contribution >= 0.6 is 71.6 Å². The van der Waals surface area contributed by atoms with Gasteiger partial charge in [-0.2, -0.15) is 0 Å². The molecule has 0 saturated carbocycles. The maximum Gasteiger partial charge on any atom is 0.337 e. The number of aromatic carboxylic acids is 1. The van der Waals surface area contributed by atoms with Gasteiger partial charge < -0.3 is 10.4 Å². The highest BCUT2D eigenvalue weighted by Crippen LogP contribution is 2.31. The van der Waals surface area contributed by atoms with Gasteiger partial charge in [0.25, 0.3) is 5.91 Å². The normalized spacial score (nSPS) is 10.2. The Kier molecular flexibility index (Phi) is 6.98. The number of carboxylic acid groups (broad SMARTS) is 1. The van der Waals surface area contributed by atoms with Crippen molar-refractivity contribution in [1.82, 2.24) is 5.32 Å². The molecule has 0 aromatic heterocycles. The molecule has 0 saturated heterocycles. The van der Waals surface area contributed by atoms with E-state index < -0.39 is 11.9 Å². The first kappa shape index (κ1) is 20.3. The summed E-state index contributed by atoms with van der Waals surface area (Å²) in [6.07, 6.45) is 0. The molecule has 0 unspecified atom stereocenters. The topological polar surface area (TPSA) is 78.4 Å². The Bertz CT molecular complexity index is 893. The number of benzene rings is 2. The van der Waals surface area contributed by atoms with Crippen LogP contribution in [-0.4, -0.2) is 22.1 Å². The van der Waals surface area contributed by atoms with Gasteiger partial charge in [0.15, 0.2) is 5.11 Å². The summed E-state index contributed by atoms with van der Waals surface area (Å²) in [5.41, 5.74) is 0.438. The fourth-order valence-corrected chi connectivity index (χ4v) is 3.94. The predicted molar refractivity (Wildman–Crippen MR) is 112 cm³/mol. The molecular weight excluding hydrogens is 563 g/mol. The summed E-state index contributed by atoms with van der Waals surface area (Å²) in [5, 5.41) is 14.7. The Morgan fingerprint density at radius 2 is 1.68 bits per heavy atom. The lowest BCUT2D eigenvalue weighted by Gasteiger charge is -2.14. The number of carbonyl (C=O) groups excluding carboxylic acids is 1. The lowest BCUT2D eigenvalue weighted by Crippen LogP contribution is -2.34. The van der Waals surface area contributed by atoms with E-state index in [4.69, 9.17) is 23.8 Å². The van der Waals surface area contributed by atoms with Crippen LogP contribution < -0.4 is 10.6 Å². The monoisotopic (exact) mass is 568 g/mol. The zero-order valence-electron chi connectivity index (χ0n) is 12.1. The molecule has 2 rings (SSSR count). The maximum atomic E-state index is 12.3. The Morgan fingerprint density at radius 1 is 1.04 bits per heavy atom. The first-order chi connectivity index (χ1) is 11.7. The summed E-state index contributed by atoms with van der Waals surface area (Å²) in [6.45, 7) is 0. The van der Waals surface area contributed by atoms with Crippen LogP contribution in [0.1, 0.15) is 20.7 Å². The van der Waals surface area contributed by atoms with Crippen LogP contribution in [0.15, 0.2) is 43.7 Å². The van der Waals surface area contributed by atoms with Crippen molar-refractivity contribution in [3.05, 3.63) is 59.9 Å². The molecule has 25 heavy (non-hydrogen) atoms. The average molecular weight is 571 g/mol. The quantitative estimate of drug-likeness (QED) is 0.427. The van der Waals surface area contributed by atoms with E-state index in [1.807, 2.05) is 0 Å². The van der Waals surface area contributed by atoms with E-state index in [-0.39, 0.29) is 26.9 Å². The van der Waals surface area contributed by atoms with Crippen molar-refractivity contribution in [3.63, 3.8) is 0 Å². The zero-order chi connectivity index (χ0) is 18.7. The van der Waals surface area contributed by atoms with Crippen molar-refractivity contribution >= 4 is 94.3 Å². The fourth-order valence-electron chi connectivity index (χ4n) is 1.86. The molecule has 0 spiro atoms. The number of hydrogen-bond acceptors (Lipinski definition) is 3. The van der Waals surface area contributed by atoms with Gasteiger partial charge in [-0.25, -0.2) is 4.79 Å². The molecule has 1 amide bonds. The smallest absolute Gasteiger partial charge is 0.337 e. The second-order valence-electron chi connectivity index (χ2n) is 4.65. The highest BCUT2D eigenvalue weighted by atomic mass is 79.9. The molecule has 3 N–H and O–H groups in total. The molecule has 5 nitrogen and oxygen atoms in total. The van der Waals surface area contributed by atoms with E-state index in [0.29, 0.717) is 13.4 Å². The van der Waals surface area contributed by atoms with Crippen LogP contribution in [0.3, 0.4) is 0 Å². The molecule has 0 heterocycles. The summed E-state index contributed by atoms with van der Waals surface area (Å²) >= 11 is 20.9. The van der Waals surface area contributed by atoms with E-state index in [9.17, 15) is 14.7 Å². The number of halogens is 4. The minimum Gasteiger partial charge on any atom is -0.478 e. The second-order valence-corrected chi connectivity index (χ2v) is 8.15. The summed E-state index contributed by atoms with van der Waals surface area (Å²) in [4.78, 5) is 23.7. The molecule has 0 aliphatic heterocycles. The molecule has 0 radical (unpaired) electrons. The number of amides is 1. The van der Waals surface area contributed by atoms with E-state index in [1.165, 1.54) is 6.07 Å². The minimum absolute atomic E-state index is 0.0154. The van der Waals surface area contributed by atoms with Gasteiger partial charge in [0.1, 0.15) is 0 Å². The number of thiocarbonyl (C=S) groups is 1. The van der Waals surface area contributed by atoms with E-state index in [2.05, 4.69) is 58.4 Å². The van der Waals surface area contributed by atoms with Gasteiger partial charge in [0.05, 0.1) is 21.8 Å². The van der Waals surface area contributed by atoms with Gasteiger partial charge in [-0.15, -0.1) is 0 Å². The standard InChI is InChI=1S/C15H8Br3ClN2O3S/c16-6-1-2-11(19)8(3-6)13(22)21-15(25)20-12-9(14(23)24)4-7(17)5-10(12)18/h1-5H,(H,23,24)(H2,20,21,22,25).